The second-order valence-corrected chi connectivity index (χ2v) is 10.9. The molecular formula is C29H27ClN4O4. The second kappa shape index (κ2) is 9.44. The minimum Gasteiger partial charge on any atom is -0.481 e. The van der Waals surface area contributed by atoms with Crippen LogP contribution in [0, 0.1) is 11.3 Å². The zero-order valence-electron chi connectivity index (χ0n) is 20.9. The first-order valence-corrected chi connectivity index (χ1v) is 13.0. The van der Waals surface area contributed by atoms with Crippen molar-refractivity contribution in [1.29, 1.82) is 0 Å². The standard InChI is InChI=1S/C29H27ClN4O4/c1-38-25-10-19(8-9-31-25)18-4-2-17(3-5-18)16-34-26-22(6-7-24(30)23(26)15-32-34)27(35)33-21-13-29(14-21)11-20(12-29)28(36)37/h2-10,15,20-21H,11-14,16H2,1H3,(H,33,35)(H,36,37). The summed E-state index contributed by atoms with van der Waals surface area (Å²) in [5.74, 6) is -0.554. The third-order valence-corrected chi connectivity index (χ3v) is 8.29. The fraction of sp³-hybridized carbons (Fsp3) is 0.310. The van der Waals surface area contributed by atoms with Crippen molar-refractivity contribution < 1.29 is 19.4 Å². The highest BCUT2D eigenvalue weighted by Gasteiger charge is 2.55. The summed E-state index contributed by atoms with van der Waals surface area (Å²) in [6.07, 6.45) is 6.49. The maximum atomic E-state index is 13.3. The number of hydrogen-bond acceptors (Lipinski definition) is 5. The molecule has 2 aliphatic carbocycles. The van der Waals surface area contributed by atoms with Crippen molar-refractivity contribution in [3.05, 3.63) is 77.1 Å². The number of carboxylic acids is 1. The Labute approximate surface area is 224 Å². The van der Waals surface area contributed by atoms with E-state index in [9.17, 15) is 9.59 Å². The van der Waals surface area contributed by atoms with Gasteiger partial charge in [0, 0.05) is 23.7 Å². The fourth-order valence-electron chi connectivity index (χ4n) is 5.99. The van der Waals surface area contributed by atoms with E-state index in [1.807, 2.05) is 41.1 Å². The summed E-state index contributed by atoms with van der Waals surface area (Å²) in [7, 11) is 1.60. The normalized spacial score (nSPS) is 22.1. The second-order valence-electron chi connectivity index (χ2n) is 10.5. The maximum Gasteiger partial charge on any atom is 0.306 e. The van der Waals surface area contributed by atoms with Crippen LogP contribution in [0.25, 0.3) is 22.0 Å². The number of ether oxygens (including phenoxy) is 1. The van der Waals surface area contributed by atoms with E-state index in [1.54, 1.807) is 31.6 Å². The van der Waals surface area contributed by atoms with Crippen LogP contribution in [0.3, 0.4) is 0 Å². The molecule has 1 amide bonds. The summed E-state index contributed by atoms with van der Waals surface area (Å²) in [4.78, 5) is 28.6. The molecular weight excluding hydrogens is 504 g/mol. The number of methoxy groups -OCH3 is 1. The number of aromatic nitrogens is 3. The maximum absolute atomic E-state index is 13.3. The molecule has 38 heavy (non-hydrogen) atoms. The van der Waals surface area contributed by atoms with Crippen molar-refractivity contribution in [2.24, 2.45) is 11.3 Å². The number of carbonyl (C=O) groups excluding carboxylic acids is 1. The number of fused-ring (bicyclic) bond motifs is 1. The van der Waals surface area contributed by atoms with Crippen LogP contribution in [-0.2, 0) is 11.3 Å². The number of amides is 1. The first-order chi connectivity index (χ1) is 18.3. The Morgan fingerprint density at radius 3 is 2.58 bits per heavy atom. The largest absolute Gasteiger partial charge is 0.481 e. The van der Waals surface area contributed by atoms with Gasteiger partial charge >= 0.3 is 5.97 Å². The van der Waals surface area contributed by atoms with Gasteiger partial charge in [0.1, 0.15) is 0 Å². The zero-order valence-corrected chi connectivity index (χ0v) is 21.6. The first-order valence-electron chi connectivity index (χ1n) is 12.6. The molecule has 2 aliphatic rings. The van der Waals surface area contributed by atoms with Crippen LogP contribution in [0.1, 0.15) is 41.6 Å². The molecule has 8 nitrogen and oxygen atoms in total. The van der Waals surface area contributed by atoms with E-state index in [0.717, 1.165) is 34.9 Å². The van der Waals surface area contributed by atoms with Gasteiger partial charge in [0.05, 0.1) is 41.9 Å². The highest BCUT2D eigenvalue weighted by molar-refractivity contribution is 6.36. The number of aliphatic carboxylic acids is 1. The first kappa shape index (κ1) is 24.4. The van der Waals surface area contributed by atoms with Gasteiger partial charge in [0.2, 0.25) is 5.88 Å². The van der Waals surface area contributed by atoms with Gasteiger partial charge in [-0.2, -0.15) is 5.10 Å². The third-order valence-electron chi connectivity index (χ3n) is 7.96. The summed E-state index contributed by atoms with van der Waals surface area (Å²) in [6, 6.07) is 15.5. The Kier molecular flexibility index (Phi) is 6.07. The minimum absolute atomic E-state index is 0.0544. The fourth-order valence-corrected chi connectivity index (χ4v) is 6.19. The average Bonchev–Trinajstić information content (AvgIpc) is 3.29. The summed E-state index contributed by atoms with van der Waals surface area (Å²) < 4.78 is 7.04. The van der Waals surface area contributed by atoms with Gasteiger partial charge in [-0.3, -0.25) is 14.3 Å². The van der Waals surface area contributed by atoms with Crippen LogP contribution in [0.5, 0.6) is 5.88 Å². The van der Waals surface area contributed by atoms with E-state index >= 15 is 0 Å². The van der Waals surface area contributed by atoms with E-state index < -0.39 is 5.97 Å². The Hall–Kier alpha value is -3.91. The molecule has 2 N–H and O–H groups in total. The lowest BCUT2D eigenvalue weighted by Gasteiger charge is -2.56. The van der Waals surface area contributed by atoms with E-state index in [4.69, 9.17) is 21.4 Å². The smallest absolute Gasteiger partial charge is 0.306 e. The lowest BCUT2D eigenvalue weighted by molar-refractivity contribution is -0.155. The Morgan fingerprint density at radius 1 is 1.11 bits per heavy atom. The third kappa shape index (κ3) is 4.39. The number of benzene rings is 2. The molecule has 2 heterocycles. The minimum atomic E-state index is -0.716. The molecule has 0 atom stereocenters. The number of carboxylic acid groups (broad SMARTS) is 1. The molecule has 2 fully saturated rings. The van der Waals surface area contributed by atoms with Crippen molar-refractivity contribution in [3.63, 3.8) is 0 Å². The Morgan fingerprint density at radius 2 is 1.87 bits per heavy atom. The molecule has 4 aromatic rings. The van der Waals surface area contributed by atoms with Crippen LogP contribution in [0.2, 0.25) is 5.02 Å². The van der Waals surface area contributed by atoms with Crippen LogP contribution in [0.15, 0.2) is 60.9 Å². The van der Waals surface area contributed by atoms with Crippen molar-refractivity contribution in [3.8, 4) is 17.0 Å². The number of hydrogen-bond donors (Lipinski definition) is 2. The molecule has 6 rings (SSSR count). The van der Waals surface area contributed by atoms with Crippen molar-refractivity contribution >= 4 is 34.4 Å². The monoisotopic (exact) mass is 530 g/mol. The van der Waals surface area contributed by atoms with E-state index in [2.05, 4.69) is 15.4 Å². The number of nitrogens with zero attached hydrogens (tertiary/aromatic N) is 3. The Bertz CT molecular complexity index is 1530. The van der Waals surface area contributed by atoms with Gasteiger partial charge in [-0.1, -0.05) is 35.9 Å². The molecule has 2 aromatic carbocycles. The van der Waals surface area contributed by atoms with Gasteiger partial charge in [-0.15, -0.1) is 0 Å². The number of carbonyl (C=O) groups is 2. The lowest BCUT2D eigenvalue weighted by Crippen LogP contribution is -2.57. The van der Waals surface area contributed by atoms with Crippen LogP contribution in [0.4, 0.5) is 0 Å². The predicted molar refractivity (Wildman–Crippen MR) is 143 cm³/mol. The molecule has 0 saturated heterocycles. The highest BCUT2D eigenvalue weighted by atomic mass is 35.5. The molecule has 194 valence electrons. The summed E-state index contributed by atoms with van der Waals surface area (Å²) in [5, 5.41) is 18.1. The van der Waals surface area contributed by atoms with E-state index in [-0.39, 0.29) is 23.3 Å². The SMILES string of the molecule is COc1cc(-c2ccc(Cn3ncc4c(Cl)ccc(C(=O)NC5CC6(C5)CC(C(=O)O)C6)c43)cc2)ccn1. The molecule has 0 aliphatic heterocycles. The van der Waals surface area contributed by atoms with Gasteiger partial charge in [-0.25, -0.2) is 4.98 Å². The van der Waals surface area contributed by atoms with Crippen molar-refractivity contribution in [1.82, 2.24) is 20.1 Å². The summed E-state index contributed by atoms with van der Waals surface area (Å²) in [6.45, 7) is 0.479. The predicted octanol–water partition coefficient (Wildman–Crippen LogP) is 5.18. The topological polar surface area (TPSA) is 106 Å². The van der Waals surface area contributed by atoms with Gasteiger partial charge in [0.25, 0.3) is 5.91 Å². The zero-order chi connectivity index (χ0) is 26.4. The molecule has 0 unspecified atom stereocenters. The van der Waals surface area contributed by atoms with Crippen LogP contribution >= 0.6 is 11.6 Å². The molecule has 1 spiro atoms. The highest BCUT2D eigenvalue weighted by Crippen LogP contribution is 2.58. The molecule has 2 aromatic heterocycles. The van der Waals surface area contributed by atoms with Crippen LogP contribution in [-0.4, -0.2) is 44.9 Å². The van der Waals surface area contributed by atoms with Gasteiger partial charge in [-0.05, 0) is 66.0 Å². The molecule has 0 bridgehead atoms. The number of rotatable bonds is 7. The Balaban J connectivity index is 1.19. The number of nitrogens with one attached hydrogen (secondary N) is 1. The van der Waals surface area contributed by atoms with E-state index in [1.165, 1.54) is 0 Å². The summed E-state index contributed by atoms with van der Waals surface area (Å²) in [5.41, 5.74) is 4.40. The van der Waals surface area contributed by atoms with Gasteiger partial charge in [0.15, 0.2) is 0 Å². The van der Waals surface area contributed by atoms with Crippen molar-refractivity contribution in [2.45, 2.75) is 38.3 Å². The molecule has 9 heteroatoms. The van der Waals surface area contributed by atoms with Gasteiger partial charge < -0.3 is 15.2 Å². The molecule has 2 saturated carbocycles. The average molecular weight is 531 g/mol. The van der Waals surface area contributed by atoms with Crippen LogP contribution < -0.4 is 10.1 Å². The van der Waals surface area contributed by atoms with E-state index in [0.29, 0.717) is 41.4 Å². The van der Waals surface area contributed by atoms with Crippen molar-refractivity contribution in [2.75, 3.05) is 7.11 Å². The number of halogens is 1. The molecule has 0 radical (unpaired) electrons. The summed E-state index contributed by atoms with van der Waals surface area (Å²) >= 11 is 6.46. The quantitative estimate of drug-likeness (QED) is 0.341. The lowest BCUT2D eigenvalue weighted by atomic mass is 9.50. The number of pyridine rings is 1.